The van der Waals surface area contributed by atoms with Crippen molar-refractivity contribution in [3.05, 3.63) is 33.6 Å². The molecular formula is C20H25N5O2S2. The average Bonchev–Trinajstić information content (AvgIpc) is 3.38. The zero-order chi connectivity index (χ0) is 20.5. The molecule has 3 aromatic heterocycles. The Morgan fingerprint density at radius 2 is 2.28 bits per heavy atom. The second kappa shape index (κ2) is 8.37. The lowest BCUT2D eigenvalue weighted by molar-refractivity contribution is 0.100. The number of anilines is 1. The van der Waals surface area contributed by atoms with E-state index in [-0.39, 0.29) is 6.10 Å². The van der Waals surface area contributed by atoms with Crippen molar-refractivity contribution in [1.29, 1.82) is 0 Å². The first-order valence-corrected chi connectivity index (χ1v) is 11.3. The minimum absolute atomic E-state index is 0.327. The highest BCUT2D eigenvalue weighted by molar-refractivity contribution is 7.21. The maximum absolute atomic E-state index is 11.8. The van der Waals surface area contributed by atoms with E-state index < -0.39 is 5.91 Å². The average molecular weight is 432 g/mol. The molecule has 3 aromatic rings. The Kier molecular flexibility index (Phi) is 5.84. The van der Waals surface area contributed by atoms with Gasteiger partial charge in [-0.05, 0) is 36.9 Å². The topological polar surface area (TPSA) is 117 Å². The van der Waals surface area contributed by atoms with Crippen molar-refractivity contribution >= 4 is 44.5 Å². The molecule has 0 saturated heterocycles. The Bertz CT molecular complexity index is 1030. The number of nitrogens with two attached hydrogens (primary N) is 2. The summed E-state index contributed by atoms with van der Waals surface area (Å²) in [6.45, 7) is 5.80. The number of aliphatic hydroxyl groups excluding tert-OH is 1. The van der Waals surface area contributed by atoms with Crippen LogP contribution in [0.4, 0.5) is 5.69 Å². The third kappa shape index (κ3) is 4.01. The van der Waals surface area contributed by atoms with Gasteiger partial charge in [0.2, 0.25) is 0 Å². The number of pyridine rings is 1. The molecule has 1 aliphatic rings. The van der Waals surface area contributed by atoms with Gasteiger partial charge in [0.1, 0.15) is 9.71 Å². The minimum Gasteiger partial charge on any atom is -0.397 e. The van der Waals surface area contributed by atoms with Gasteiger partial charge < -0.3 is 21.9 Å². The van der Waals surface area contributed by atoms with Crippen LogP contribution in [0.15, 0.2) is 17.5 Å². The molecule has 1 aliphatic heterocycles. The van der Waals surface area contributed by atoms with E-state index in [1.807, 2.05) is 11.4 Å². The van der Waals surface area contributed by atoms with E-state index in [2.05, 4.69) is 16.3 Å². The number of aromatic nitrogens is 1. The number of thiophene rings is 2. The number of carbonyl (C=O) groups is 1. The quantitative estimate of drug-likeness (QED) is 0.407. The number of nitrogens with one attached hydrogen (secondary N) is 1. The van der Waals surface area contributed by atoms with Crippen molar-refractivity contribution in [3.8, 4) is 10.4 Å². The fraction of sp³-hybridized carbons (Fsp3) is 0.400. The van der Waals surface area contributed by atoms with Gasteiger partial charge in [-0.25, -0.2) is 4.98 Å². The summed E-state index contributed by atoms with van der Waals surface area (Å²) >= 11 is 2.94. The Balaban J connectivity index is 1.63. The van der Waals surface area contributed by atoms with Crippen LogP contribution in [0.2, 0.25) is 0 Å². The Labute approximate surface area is 177 Å². The van der Waals surface area contributed by atoms with Crippen LogP contribution in [0.5, 0.6) is 0 Å². The lowest BCUT2D eigenvalue weighted by Gasteiger charge is -2.15. The second-order valence-corrected chi connectivity index (χ2v) is 9.34. The van der Waals surface area contributed by atoms with Crippen LogP contribution in [0, 0.1) is 0 Å². The number of primary amides is 1. The number of hydrogen-bond donors (Lipinski definition) is 4. The van der Waals surface area contributed by atoms with Gasteiger partial charge in [0.25, 0.3) is 5.91 Å². The Morgan fingerprint density at radius 1 is 1.45 bits per heavy atom. The first-order valence-electron chi connectivity index (χ1n) is 9.64. The van der Waals surface area contributed by atoms with Crippen LogP contribution in [0.25, 0.3) is 20.7 Å². The van der Waals surface area contributed by atoms with Gasteiger partial charge in [-0.1, -0.05) is 6.07 Å². The third-order valence-corrected chi connectivity index (χ3v) is 7.08. The number of fused-ring (bicyclic) bond motifs is 2. The highest BCUT2D eigenvalue weighted by Gasteiger charge is 2.29. The van der Waals surface area contributed by atoms with E-state index in [1.165, 1.54) is 16.9 Å². The smallest absolute Gasteiger partial charge is 0.260 e. The predicted molar refractivity (Wildman–Crippen MR) is 119 cm³/mol. The molecule has 0 aromatic carbocycles. The van der Waals surface area contributed by atoms with E-state index in [0.717, 1.165) is 59.0 Å². The van der Waals surface area contributed by atoms with Gasteiger partial charge in [-0.3, -0.25) is 9.69 Å². The summed E-state index contributed by atoms with van der Waals surface area (Å²) in [5.41, 5.74) is 15.7. The summed E-state index contributed by atoms with van der Waals surface area (Å²) < 4.78 is 0. The standard InChI is InChI=1S/C20H25N5O2S2/c1-11(26)8-23-5-3-6-25-9-12-13(10-25)24-20-16(15(12)14-4-2-7-28-14)17(21)18(29-20)19(22)27/h2,4,7,11,23,26H,3,5-6,8-10,21H2,1H3,(H2,22,27). The maximum atomic E-state index is 11.8. The molecule has 154 valence electrons. The fourth-order valence-electron chi connectivity index (χ4n) is 3.80. The number of amides is 1. The van der Waals surface area contributed by atoms with Crippen LogP contribution in [-0.4, -0.2) is 46.6 Å². The van der Waals surface area contributed by atoms with Crippen LogP contribution in [0.3, 0.4) is 0 Å². The first kappa shape index (κ1) is 20.2. The second-order valence-electron chi connectivity index (χ2n) is 7.40. The highest BCUT2D eigenvalue weighted by atomic mass is 32.1. The molecule has 9 heteroatoms. The van der Waals surface area contributed by atoms with Crippen LogP contribution in [-0.2, 0) is 13.1 Å². The third-order valence-electron chi connectivity index (χ3n) is 5.08. The van der Waals surface area contributed by atoms with Gasteiger partial charge in [0.15, 0.2) is 0 Å². The molecule has 0 radical (unpaired) electrons. The van der Waals surface area contributed by atoms with Gasteiger partial charge in [-0.15, -0.1) is 22.7 Å². The molecule has 6 N–H and O–H groups in total. The summed E-state index contributed by atoms with van der Waals surface area (Å²) in [5.74, 6) is -0.505. The normalized spacial score (nSPS) is 15.1. The van der Waals surface area contributed by atoms with Gasteiger partial charge in [0.05, 0.1) is 17.5 Å². The van der Waals surface area contributed by atoms with E-state index in [4.69, 9.17) is 16.5 Å². The molecule has 1 unspecified atom stereocenters. The molecule has 4 heterocycles. The molecule has 1 atom stereocenters. The zero-order valence-corrected chi connectivity index (χ0v) is 17.9. The summed E-state index contributed by atoms with van der Waals surface area (Å²) in [6.07, 6.45) is 0.671. The number of nitrogens with zero attached hydrogens (tertiary/aromatic N) is 2. The van der Waals surface area contributed by atoms with Gasteiger partial charge in [0, 0.05) is 42.0 Å². The highest BCUT2D eigenvalue weighted by Crippen LogP contribution is 2.45. The number of hydrogen-bond acceptors (Lipinski definition) is 8. The minimum atomic E-state index is -0.505. The van der Waals surface area contributed by atoms with E-state index >= 15 is 0 Å². The predicted octanol–water partition coefficient (Wildman–Crippen LogP) is 2.38. The van der Waals surface area contributed by atoms with Gasteiger partial charge >= 0.3 is 0 Å². The molecule has 0 aliphatic carbocycles. The van der Waals surface area contributed by atoms with E-state index in [1.54, 1.807) is 18.3 Å². The molecule has 0 spiro atoms. The molecule has 1 amide bonds. The molecule has 29 heavy (non-hydrogen) atoms. The molecule has 7 nitrogen and oxygen atoms in total. The van der Waals surface area contributed by atoms with Crippen molar-refractivity contribution < 1.29 is 9.90 Å². The SMILES string of the molecule is CC(O)CNCCCN1Cc2nc3sc(C(N)=O)c(N)c3c(-c3cccs3)c2C1. The number of nitrogen functional groups attached to an aromatic ring is 1. The van der Waals surface area contributed by atoms with Crippen LogP contribution >= 0.6 is 22.7 Å². The van der Waals surface area contributed by atoms with Crippen molar-refractivity contribution in [2.24, 2.45) is 5.73 Å². The number of rotatable bonds is 8. The fourth-order valence-corrected chi connectivity index (χ4v) is 5.58. The van der Waals surface area contributed by atoms with Crippen LogP contribution in [0.1, 0.15) is 34.3 Å². The summed E-state index contributed by atoms with van der Waals surface area (Å²) in [7, 11) is 0. The monoisotopic (exact) mass is 431 g/mol. The summed E-state index contributed by atoms with van der Waals surface area (Å²) in [4.78, 5) is 21.3. The molecular weight excluding hydrogens is 406 g/mol. The van der Waals surface area contributed by atoms with E-state index in [0.29, 0.717) is 17.1 Å². The van der Waals surface area contributed by atoms with Crippen molar-refractivity contribution in [3.63, 3.8) is 0 Å². The largest absolute Gasteiger partial charge is 0.397 e. The Hall–Kier alpha value is -2.04. The lowest BCUT2D eigenvalue weighted by Crippen LogP contribution is -2.28. The molecule has 0 bridgehead atoms. The molecule has 4 rings (SSSR count). The van der Waals surface area contributed by atoms with Gasteiger partial charge in [-0.2, -0.15) is 0 Å². The van der Waals surface area contributed by atoms with Crippen molar-refractivity contribution in [1.82, 2.24) is 15.2 Å². The van der Waals surface area contributed by atoms with Crippen molar-refractivity contribution in [2.45, 2.75) is 32.5 Å². The van der Waals surface area contributed by atoms with E-state index in [9.17, 15) is 9.90 Å². The van der Waals surface area contributed by atoms with Crippen molar-refractivity contribution in [2.75, 3.05) is 25.4 Å². The Morgan fingerprint density at radius 3 is 2.97 bits per heavy atom. The lowest BCUT2D eigenvalue weighted by atomic mass is 10.0. The first-order chi connectivity index (χ1) is 14.0. The maximum Gasteiger partial charge on any atom is 0.260 e. The zero-order valence-electron chi connectivity index (χ0n) is 16.3. The summed E-state index contributed by atoms with van der Waals surface area (Å²) in [5, 5.41) is 15.5. The molecule has 0 saturated carbocycles. The molecule has 0 fully saturated rings. The number of aliphatic hydroxyl groups is 1. The summed E-state index contributed by atoms with van der Waals surface area (Å²) in [6, 6.07) is 4.11. The van der Waals surface area contributed by atoms with Crippen LogP contribution < -0.4 is 16.8 Å². The number of carbonyl (C=O) groups excluding carboxylic acids is 1.